The number of nitrogens with zero attached hydrogens (tertiary/aromatic N) is 2. The molecule has 0 amide bonds. The first-order valence-electron chi connectivity index (χ1n) is 7.57. The molecule has 2 rings (SSSR count). The lowest BCUT2D eigenvalue weighted by molar-refractivity contribution is 0.594. The van der Waals surface area contributed by atoms with Crippen molar-refractivity contribution in [2.45, 2.75) is 25.3 Å². The second-order valence-electron chi connectivity index (χ2n) is 5.23. The van der Waals surface area contributed by atoms with E-state index in [4.69, 9.17) is 0 Å². The maximum absolute atomic E-state index is 12.2. The van der Waals surface area contributed by atoms with Crippen molar-refractivity contribution in [3.63, 3.8) is 0 Å². The average Bonchev–Trinajstić information content (AvgIpc) is 2.89. The van der Waals surface area contributed by atoms with Gasteiger partial charge < -0.3 is 10.6 Å². The van der Waals surface area contributed by atoms with Crippen molar-refractivity contribution >= 4 is 51.1 Å². The summed E-state index contributed by atoms with van der Waals surface area (Å²) in [5, 5.41) is 7.25. The Morgan fingerprint density at radius 2 is 1.88 bits per heavy atom. The van der Waals surface area contributed by atoms with Gasteiger partial charge in [-0.2, -0.15) is 0 Å². The van der Waals surface area contributed by atoms with Crippen LogP contribution in [0, 0.1) is 13.8 Å². The fraction of sp³-hybridized carbons (Fsp3) is 0.375. The van der Waals surface area contributed by atoms with E-state index in [-0.39, 0.29) is 36.3 Å². The molecule has 0 fully saturated rings. The van der Waals surface area contributed by atoms with Gasteiger partial charge >= 0.3 is 0 Å². The van der Waals surface area contributed by atoms with E-state index >= 15 is 0 Å². The highest BCUT2D eigenvalue weighted by Gasteiger charge is 2.13. The summed E-state index contributed by atoms with van der Waals surface area (Å²) in [6.45, 7) is 4.85. The molecule has 0 aliphatic carbocycles. The van der Waals surface area contributed by atoms with E-state index in [1.54, 1.807) is 48.7 Å². The molecule has 1 aromatic heterocycles. The largest absolute Gasteiger partial charge is 0.355 e. The number of aromatic nitrogens is 1. The average molecular weight is 494 g/mol. The molecule has 25 heavy (non-hydrogen) atoms. The van der Waals surface area contributed by atoms with Crippen LogP contribution in [-0.2, 0) is 16.4 Å². The Bertz CT molecular complexity index is 805. The normalized spacial score (nSPS) is 11.7. The van der Waals surface area contributed by atoms with E-state index in [1.165, 1.54) is 0 Å². The van der Waals surface area contributed by atoms with Crippen LogP contribution in [0.3, 0.4) is 0 Å². The first-order valence-corrected chi connectivity index (χ1v) is 10.0. The zero-order valence-electron chi connectivity index (χ0n) is 14.4. The molecule has 0 unspecified atom stereocenters. The molecule has 1 heterocycles. The van der Waals surface area contributed by atoms with E-state index in [0.29, 0.717) is 17.4 Å². The lowest BCUT2D eigenvalue weighted by atomic mass is 10.4. The van der Waals surface area contributed by atoms with Crippen molar-refractivity contribution in [1.82, 2.24) is 15.6 Å². The standard InChI is InChI=1S/C16H22N4O2S2.HI/c1-12-15(23-13(2)20-12)11-19-16(17-3)18-9-10-24(21,22)14-7-5-4-6-8-14;/h4-8H,9-11H2,1-3H3,(H2,17,18,19);1H. The van der Waals surface area contributed by atoms with E-state index < -0.39 is 9.84 Å². The number of rotatable bonds is 6. The predicted octanol–water partition coefficient (Wildman–Crippen LogP) is 2.52. The topological polar surface area (TPSA) is 83.5 Å². The highest BCUT2D eigenvalue weighted by Crippen LogP contribution is 2.16. The second-order valence-corrected chi connectivity index (χ2v) is 8.62. The molecule has 2 N–H and O–H groups in total. The number of nitrogens with one attached hydrogen (secondary N) is 2. The highest BCUT2D eigenvalue weighted by molar-refractivity contribution is 14.0. The number of aryl methyl sites for hydroxylation is 2. The molecular weight excluding hydrogens is 471 g/mol. The third-order valence-electron chi connectivity index (χ3n) is 3.41. The summed E-state index contributed by atoms with van der Waals surface area (Å²) < 4.78 is 24.4. The van der Waals surface area contributed by atoms with Gasteiger partial charge in [0.2, 0.25) is 0 Å². The number of halogens is 1. The first kappa shape index (κ1) is 21.8. The molecule has 0 radical (unpaired) electrons. The Morgan fingerprint density at radius 3 is 2.44 bits per heavy atom. The summed E-state index contributed by atoms with van der Waals surface area (Å²) in [5.74, 6) is 0.583. The monoisotopic (exact) mass is 494 g/mol. The number of hydrogen-bond donors (Lipinski definition) is 2. The lowest BCUT2D eigenvalue weighted by Crippen LogP contribution is -2.39. The van der Waals surface area contributed by atoms with Crippen molar-refractivity contribution < 1.29 is 8.42 Å². The number of hydrogen-bond acceptors (Lipinski definition) is 5. The summed E-state index contributed by atoms with van der Waals surface area (Å²) in [6, 6.07) is 8.46. The third-order valence-corrected chi connectivity index (χ3v) is 6.21. The van der Waals surface area contributed by atoms with Gasteiger partial charge in [-0.25, -0.2) is 13.4 Å². The summed E-state index contributed by atoms with van der Waals surface area (Å²) in [4.78, 5) is 9.98. The fourth-order valence-corrected chi connectivity index (χ4v) is 4.23. The molecule has 1 aromatic carbocycles. The first-order chi connectivity index (χ1) is 11.4. The maximum atomic E-state index is 12.2. The summed E-state index contributed by atoms with van der Waals surface area (Å²) in [7, 11) is -1.63. The zero-order chi connectivity index (χ0) is 17.6. The fourth-order valence-electron chi connectivity index (χ4n) is 2.17. The summed E-state index contributed by atoms with van der Waals surface area (Å²) >= 11 is 1.64. The number of benzene rings is 1. The van der Waals surface area contributed by atoms with Crippen molar-refractivity contribution in [2.75, 3.05) is 19.3 Å². The Balaban J connectivity index is 0.00000312. The van der Waals surface area contributed by atoms with Crippen LogP contribution in [-0.4, -0.2) is 38.7 Å². The minimum Gasteiger partial charge on any atom is -0.355 e. The van der Waals surface area contributed by atoms with Crippen LogP contribution in [0.5, 0.6) is 0 Å². The quantitative estimate of drug-likeness (QED) is 0.367. The molecule has 0 aliphatic rings. The molecular formula is C16H23IN4O2S2. The summed E-state index contributed by atoms with van der Waals surface area (Å²) in [5.41, 5.74) is 1.01. The Morgan fingerprint density at radius 1 is 1.20 bits per heavy atom. The van der Waals surface area contributed by atoms with Gasteiger partial charge in [-0.3, -0.25) is 4.99 Å². The number of guanidine groups is 1. The Kier molecular flexibility index (Phi) is 8.80. The second kappa shape index (κ2) is 10.1. The van der Waals surface area contributed by atoms with Gasteiger partial charge in [0.15, 0.2) is 15.8 Å². The van der Waals surface area contributed by atoms with Crippen molar-refractivity contribution in [2.24, 2.45) is 4.99 Å². The molecule has 0 saturated heterocycles. The van der Waals surface area contributed by atoms with E-state index in [0.717, 1.165) is 15.6 Å². The van der Waals surface area contributed by atoms with Gasteiger partial charge in [0, 0.05) is 18.5 Å². The summed E-state index contributed by atoms with van der Waals surface area (Å²) in [6.07, 6.45) is 0. The van der Waals surface area contributed by atoms with Gasteiger partial charge in [0.1, 0.15) is 0 Å². The third kappa shape index (κ3) is 6.55. The van der Waals surface area contributed by atoms with Gasteiger partial charge in [0.05, 0.1) is 27.9 Å². The molecule has 6 nitrogen and oxygen atoms in total. The van der Waals surface area contributed by atoms with E-state index in [9.17, 15) is 8.42 Å². The van der Waals surface area contributed by atoms with E-state index in [1.807, 2.05) is 13.8 Å². The zero-order valence-corrected chi connectivity index (χ0v) is 18.4. The van der Waals surface area contributed by atoms with Crippen LogP contribution in [0.25, 0.3) is 0 Å². The smallest absolute Gasteiger partial charge is 0.191 e. The van der Waals surface area contributed by atoms with Crippen LogP contribution in [0.2, 0.25) is 0 Å². The molecule has 0 aliphatic heterocycles. The van der Waals surface area contributed by atoms with Crippen molar-refractivity contribution in [3.8, 4) is 0 Å². The SMILES string of the molecule is CN=C(NCCS(=O)(=O)c1ccccc1)NCc1sc(C)nc1C.I. The minimum absolute atomic E-state index is 0. The van der Waals surface area contributed by atoms with Crippen LogP contribution in [0.1, 0.15) is 15.6 Å². The molecule has 0 spiro atoms. The number of aliphatic imine (C=N–C) groups is 1. The van der Waals surface area contributed by atoms with Gasteiger partial charge in [0.25, 0.3) is 0 Å². The number of thiazole rings is 1. The van der Waals surface area contributed by atoms with Crippen LogP contribution in [0.4, 0.5) is 0 Å². The van der Waals surface area contributed by atoms with Crippen molar-refractivity contribution in [3.05, 3.63) is 45.9 Å². The van der Waals surface area contributed by atoms with Gasteiger partial charge in [-0.15, -0.1) is 35.3 Å². The molecule has 138 valence electrons. The predicted molar refractivity (Wildman–Crippen MR) is 114 cm³/mol. The van der Waals surface area contributed by atoms with E-state index in [2.05, 4.69) is 20.6 Å². The van der Waals surface area contributed by atoms with Crippen LogP contribution in [0.15, 0.2) is 40.2 Å². The minimum atomic E-state index is -3.29. The molecule has 0 saturated carbocycles. The van der Waals surface area contributed by atoms with Gasteiger partial charge in [-0.05, 0) is 26.0 Å². The van der Waals surface area contributed by atoms with Crippen LogP contribution < -0.4 is 10.6 Å². The van der Waals surface area contributed by atoms with Crippen LogP contribution >= 0.6 is 35.3 Å². The number of sulfone groups is 1. The molecule has 2 aromatic rings. The molecule has 0 bridgehead atoms. The lowest BCUT2D eigenvalue weighted by Gasteiger charge is -2.11. The highest BCUT2D eigenvalue weighted by atomic mass is 127. The Hall–Kier alpha value is -1.20. The molecule has 9 heteroatoms. The Labute approximate surface area is 170 Å². The van der Waals surface area contributed by atoms with Crippen molar-refractivity contribution in [1.29, 1.82) is 0 Å². The molecule has 0 atom stereocenters. The van der Waals surface area contributed by atoms with Gasteiger partial charge in [-0.1, -0.05) is 18.2 Å². The maximum Gasteiger partial charge on any atom is 0.191 e.